The Kier molecular flexibility index (Phi) is 7.27. The Morgan fingerprint density at radius 2 is 1.78 bits per heavy atom. The summed E-state index contributed by atoms with van der Waals surface area (Å²) < 4.78 is 26.8. The zero-order chi connectivity index (χ0) is 19.9. The fourth-order valence-corrected chi connectivity index (χ4v) is 2.77. The van der Waals surface area contributed by atoms with Gasteiger partial charge in [-0.1, -0.05) is 48.5 Å². The van der Waals surface area contributed by atoms with Crippen LogP contribution in [0.3, 0.4) is 0 Å². The maximum atomic E-state index is 13.4. The van der Waals surface area contributed by atoms with Crippen molar-refractivity contribution in [2.45, 2.75) is 38.0 Å². The van der Waals surface area contributed by atoms with Crippen molar-refractivity contribution >= 4 is 6.09 Å². The van der Waals surface area contributed by atoms with Gasteiger partial charge >= 0.3 is 6.09 Å². The van der Waals surface area contributed by atoms with Crippen LogP contribution in [-0.4, -0.2) is 35.0 Å². The molecule has 0 bridgehead atoms. The molecule has 0 saturated heterocycles. The molecule has 2 aromatic rings. The predicted molar refractivity (Wildman–Crippen MR) is 98.8 cm³/mol. The molecule has 0 unspecified atom stereocenters. The quantitative estimate of drug-likeness (QED) is 0.540. The number of rotatable bonds is 9. The van der Waals surface area contributed by atoms with Gasteiger partial charge in [0.2, 0.25) is 0 Å². The summed E-state index contributed by atoms with van der Waals surface area (Å²) in [5.74, 6) is -2.91. The van der Waals surface area contributed by atoms with E-state index in [9.17, 15) is 18.7 Å². The maximum absolute atomic E-state index is 13.4. The number of amides is 1. The summed E-state index contributed by atoms with van der Waals surface area (Å²) in [6.45, 7) is 1.24. The summed E-state index contributed by atoms with van der Waals surface area (Å²) >= 11 is 0. The summed E-state index contributed by atoms with van der Waals surface area (Å²) in [5.41, 5.74) is 1.48. The summed E-state index contributed by atoms with van der Waals surface area (Å²) in [6.07, 6.45) is -1.85. The molecule has 0 fully saturated rings. The van der Waals surface area contributed by atoms with E-state index in [1.54, 1.807) is 12.1 Å². The molecule has 146 valence electrons. The van der Waals surface area contributed by atoms with E-state index in [-0.39, 0.29) is 18.7 Å². The lowest BCUT2D eigenvalue weighted by Gasteiger charge is -2.23. The van der Waals surface area contributed by atoms with E-state index >= 15 is 0 Å². The molecule has 2 aromatic carbocycles. The molecule has 0 aromatic heterocycles. The number of halogens is 2. The number of hydrogen-bond donors (Lipinski definition) is 4. The van der Waals surface area contributed by atoms with Crippen LogP contribution >= 0.6 is 0 Å². The van der Waals surface area contributed by atoms with Gasteiger partial charge in [0.15, 0.2) is 0 Å². The fourth-order valence-electron chi connectivity index (χ4n) is 2.77. The van der Waals surface area contributed by atoms with Gasteiger partial charge in [-0.2, -0.15) is 0 Å². The second-order valence-electron chi connectivity index (χ2n) is 6.53. The van der Waals surface area contributed by atoms with E-state index < -0.39 is 24.2 Å². The summed E-state index contributed by atoms with van der Waals surface area (Å²) in [6, 6.07) is 14.6. The third kappa shape index (κ3) is 6.96. The van der Waals surface area contributed by atoms with Crippen molar-refractivity contribution < 1.29 is 23.8 Å². The number of carboxylic acid groups (broad SMARTS) is 1. The van der Waals surface area contributed by atoms with E-state index in [4.69, 9.17) is 5.11 Å². The normalized spacial score (nSPS) is 13.8. The average Bonchev–Trinajstić information content (AvgIpc) is 2.61. The molecular weight excluding hydrogens is 354 g/mol. The van der Waals surface area contributed by atoms with E-state index in [0.29, 0.717) is 12.0 Å². The highest BCUT2D eigenvalue weighted by atomic mass is 19.3. The van der Waals surface area contributed by atoms with Crippen molar-refractivity contribution in [2.24, 2.45) is 0 Å². The highest BCUT2D eigenvalue weighted by Gasteiger charge is 2.24. The molecule has 2 atom stereocenters. The Balaban J connectivity index is 1.93. The average molecular weight is 378 g/mol. The number of alkyl halides is 2. The minimum atomic E-state index is -2.91. The van der Waals surface area contributed by atoms with E-state index in [0.717, 1.165) is 12.5 Å². The van der Waals surface area contributed by atoms with Crippen LogP contribution < -0.4 is 10.6 Å². The van der Waals surface area contributed by atoms with Gasteiger partial charge in [0.25, 0.3) is 5.92 Å². The van der Waals surface area contributed by atoms with Crippen LogP contribution in [-0.2, 0) is 18.9 Å². The first kappa shape index (κ1) is 20.8. The first-order chi connectivity index (χ1) is 12.8. The second kappa shape index (κ2) is 9.43. The van der Waals surface area contributed by atoms with E-state index in [1.807, 2.05) is 30.3 Å². The summed E-state index contributed by atoms with van der Waals surface area (Å²) in [4.78, 5) is 11.0. The minimum absolute atomic E-state index is 0.0724. The highest BCUT2D eigenvalue weighted by Crippen LogP contribution is 2.27. The van der Waals surface area contributed by atoms with Crippen LogP contribution in [0, 0.1) is 0 Å². The van der Waals surface area contributed by atoms with Gasteiger partial charge in [-0.25, -0.2) is 13.6 Å². The van der Waals surface area contributed by atoms with Crippen molar-refractivity contribution in [1.29, 1.82) is 0 Å². The number of hydrogen-bond acceptors (Lipinski definition) is 3. The second-order valence-corrected chi connectivity index (χ2v) is 6.53. The minimum Gasteiger partial charge on any atom is -0.465 e. The molecule has 0 saturated carbocycles. The van der Waals surface area contributed by atoms with Crippen molar-refractivity contribution in [2.75, 3.05) is 6.54 Å². The third-order valence-corrected chi connectivity index (χ3v) is 4.19. The SMILES string of the molecule is CC(F)(F)c1cccc(CNC[C@H](O)[C@H](Cc2ccccc2)NC(=O)O)c1. The lowest BCUT2D eigenvalue weighted by Crippen LogP contribution is -2.48. The van der Waals surface area contributed by atoms with Crippen LogP contribution in [0.15, 0.2) is 54.6 Å². The standard InChI is InChI=1S/C20H24F2N2O3/c1-20(21,22)16-9-5-8-15(10-16)12-23-13-18(25)17(24-19(26)27)11-14-6-3-2-4-7-14/h2-10,17-18,23-25H,11-13H2,1H3,(H,26,27)/t17-,18-/m0/s1. The zero-order valence-electron chi connectivity index (χ0n) is 15.0. The first-order valence-corrected chi connectivity index (χ1v) is 8.65. The number of aliphatic hydroxyl groups excluding tert-OH is 1. The molecule has 0 aliphatic carbocycles. The molecule has 0 heterocycles. The lowest BCUT2D eigenvalue weighted by atomic mass is 10.0. The van der Waals surface area contributed by atoms with E-state index in [2.05, 4.69) is 10.6 Å². The topological polar surface area (TPSA) is 81.6 Å². The van der Waals surface area contributed by atoms with Gasteiger partial charge in [-0.15, -0.1) is 0 Å². The molecule has 4 N–H and O–H groups in total. The molecule has 0 aliphatic rings. The van der Waals surface area contributed by atoms with E-state index in [1.165, 1.54) is 12.1 Å². The first-order valence-electron chi connectivity index (χ1n) is 8.65. The van der Waals surface area contributed by atoms with Crippen LogP contribution in [0.1, 0.15) is 23.6 Å². The van der Waals surface area contributed by atoms with Crippen molar-refractivity contribution in [3.8, 4) is 0 Å². The van der Waals surface area contributed by atoms with Crippen molar-refractivity contribution in [3.63, 3.8) is 0 Å². The molecule has 0 spiro atoms. The maximum Gasteiger partial charge on any atom is 0.404 e. The fraction of sp³-hybridized carbons (Fsp3) is 0.350. The number of aliphatic hydroxyl groups is 1. The number of nitrogens with one attached hydrogen (secondary N) is 2. The van der Waals surface area contributed by atoms with Crippen LogP contribution in [0.25, 0.3) is 0 Å². The van der Waals surface area contributed by atoms with Gasteiger partial charge in [-0.05, 0) is 23.6 Å². The van der Waals surface area contributed by atoms with Crippen LogP contribution in [0.2, 0.25) is 0 Å². The molecule has 7 heteroatoms. The van der Waals surface area contributed by atoms with Crippen molar-refractivity contribution in [3.05, 3.63) is 71.3 Å². The Bertz CT molecular complexity index is 736. The molecule has 0 radical (unpaired) electrons. The molecule has 5 nitrogen and oxygen atoms in total. The van der Waals surface area contributed by atoms with Gasteiger partial charge < -0.3 is 20.8 Å². The van der Waals surface area contributed by atoms with Gasteiger partial charge in [-0.3, -0.25) is 0 Å². The lowest BCUT2D eigenvalue weighted by molar-refractivity contribution is 0.0174. The monoisotopic (exact) mass is 378 g/mol. The Labute approximate surface area is 157 Å². The number of benzene rings is 2. The van der Waals surface area contributed by atoms with Gasteiger partial charge in [0, 0.05) is 25.6 Å². The zero-order valence-corrected chi connectivity index (χ0v) is 15.0. The largest absolute Gasteiger partial charge is 0.465 e. The molecule has 2 rings (SSSR count). The predicted octanol–water partition coefficient (Wildman–Crippen LogP) is 3.13. The van der Waals surface area contributed by atoms with Crippen LogP contribution in [0.5, 0.6) is 0 Å². The Morgan fingerprint density at radius 1 is 1.11 bits per heavy atom. The molecule has 0 aliphatic heterocycles. The van der Waals surface area contributed by atoms with Gasteiger partial charge in [0.1, 0.15) is 0 Å². The Morgan fingerprint density at radius 3 is 2.41 bits per heavy atom. The smallest absolute Gasteiger partial charge is 0.404 e. The third-order valence-electron chi connectivity index (χ3n) is 4.19. The summed E-state index contributed by atoms with van der Waals surface area (Å²) in [7, 11) is 0. The molecule has 27 heavy (non-hydrogen) atoms. The highest BCUT2D eigenvalue weighted by molar-refractivity contribution is 5.65. The van der Waals surface area contributed by atoms with Crippen LogP contribution in [0.4, 0.5) is 13.6 Å². The Hall–Kier alpha value is -2.51. The van der Waals surface area contributed by atoms with Crippen molar-refractivity contribution in [1.82, 2.24) is 10.6 Å². The molecule has 1 amide bonds. The van der Waals surface area contributed by atoms with Gasteiger partial charge in [0.05, 0.1) is 12.1 Å². The number of carbonyl (C=O) groups is 1. The molecular formula is C20H24F2N2O3. The summed E-state index contributed by atoms with van der Waals surface area (Å²) in [5, 5.41) is 24.7.